The van der Waals surface area contributed by atoms with E-state index in [2.05, 4.69) is 0 Å². The molecular formula is C20H16N4O2. The van der Waals surface area contributed by atoms with E-state index >= 15 is 0 Å². The Balaban J connectivity index is 1.63. The molecule has 2 aromatic heterocycles. The molecule has 26 heavy (non-hydrogen) atoms. The maximum absolute atomic E-state index is 13.1. The Morgan fingerprint density at radius 1 is 0.962 bits per heavy atom. The number of rotatable bonds is 1. The van der Waals surface area contributed by atoms with Crippen molar-refractivity contribution in [3.05, 3.63) is 60.4 Å². The lowest BCUT2D eigenvalue weighted by Gasteiger charge is -2.33. The molecule has 0 saturated heterocycles. The number of carbonyl (C=O) groups excluding carboxylic acids is 1. The maximum Gasteiger partial charge on any atom is 0.295 e. The number of nitrogens with zero attached hydrogens (tertiary/aromatic N) is 4. The van der Waals surface area contributed by atoms with Crippen LogP contribution < -0.4 is 9.80 Å². The quantitative estimate of drug-likeness (QED) is 0.529. The van der Waals surface area contributed by atoms with E-state index in [1.165, 1.54) is 0 Å². The molecule has 1 aliphatic rings. The van der Waals surface area contributed by atoms with Crippen LogP contribution in [0, 0.1) is 0 Å². The minimum Gasteiger partial charge on any atom is -0.451 e. The third kappa shape index (κ3) is 2.23. The van der Waals surface area contributed by atoms with Crippen LogP contribution in [0.2, 0.25) is 0 Å². The highest BCUT2D eigenvalue weighted by molar-refractivity contribution is 6.08. The van der Waals surface area contributed by atoms with E-state index in [4.69, 9.17) is 14.4 Å². The van der Waals surface area contributed by atoms with Crippen molar-refractivity contribution in [2.24, 2.45) is 0 Å². The van der Waals surface area contributed by atoms with Gasteiger partial charge in [0, 0.05) is 25.5 Å². The highest BCUT2D eigenvalue weighted by Gasteiger charge is 2.30. The topological polar surface area (TPSA) is 62.5 Å². The van der Waals surface area contributed by atoms with Crippen molar-refractivity contribution in [2.75, 3.05) is 29.9 Å². The smallest absolute Gasteiger partial charge is 0.295 e. The number of hydrogen-bond acceptors (Lipinski definition) is 5. The van der Waals surface area contributed by atoms with E-state index in [0.717, 1.165) is 16.4 Å². The maximum atomic E-state index is 13.1. The molecule has 0 aliphatic carbocycles. The lowest BCUT2D eigenvalue weighted by Crippen LogP contribution is -2.43. The second-order valence-electron chi connectivity index (χ2n) is 6.39. The van der Waals surface area contributed by atoms with Crippen LogP contribution in [0.1, 0.15) is 10.6 Å². The summed E-state index contributed by atoms with van der Waals surface area (Å²) in [6.07, 6.45) is 0. The van der Waals surface area contributed by atoms with Gasteiger partial charge in [-0.25, -0.2) is 9.97 Å². The number of fused-ring (bicyclic) bond motifs is 3. The van der Waals surface area contributed by atoms with Crippen molar-refractivity contribution in [1.29, 1.82) is 0 Å². The Hall–Kier alpha value is -3.41. The number of likely N-dealkylation sites (N-methyl/N-ethyl adjacent to an activating group) is 1. The molecular weight excluding hydrogens is 328 g/mol. The Bertz CT molecular complexity index is 1120. The summed E-state index contributed by atoms with van der Waals surface area (Å²) in [6.45, 7) is 1.22. The van der Waals surface area contributed by atoms with Crippen LogP contribution >= 0.6 is 0 Å². The predicted octanol–water partition coefficient (Wildman–Crippen LogP) is 3.47. The average molecular weight is 344 g/mol. The summed E-state index contributed by atoms with van der Waals surface area (Å²) < 4.78 is 5.76. The van der Waals surface area contributed by atoms with Gasteiger partial charge in [-0.15, -0.1) is 0 Å². The highest BCUT2D eigenvalue weighted by Crippen LogP contribution is 2.32. The number of anilines is 2. The van der Waals surface area contributed by atoms with Gasteiger partial charge >= 0.3 is 0 Å². The van der Waals surface area contributed by atoms with Crippen LogP contribution in [-0.2, 0) is 0 Å². The van der Waals surface area contributed by atoms with Crippen LogP contribution in [0.5, 0.6) is 0 Å². The number of amides is 1. The fourth-order valence-corrected chi connectivity index (χ4v) is 3.30. The predicted molar refractivity (Wildman–Crippen MR) is 101 cm³/mol. The average Bonchev–Trinajstić information content (AvgIpc) is 3.11. The second kappa shape index (κ2) is 5.56. The Labute approximate surface area is 149 Å². The molecule has 5 rings (SSSR count). The summed E-state index contributed by atoms with van der Waals surface area (Å²) in [5.41, 5.74) is 2.29. The first-order chi connectivity index (χ1) is 12.7. The molecule has 3 heterocycles. The zero-order valence-corrected chi connectivity index (χ0v) is 14.2. The number of para-hydroxylation sites is 3. The Morgan fingerprint density at radius 3 is 2.42 bits per heavy atom. The van der Waals surface area contributed by atoms with Crippen molar-refractivity contribution in [3.63, 3.8) is 0 Å². The largest absolute Gasteiger partial charge is 0.451 e. The van der Waals surface area contributed by atoms with Gasteiger partial charge in [-0.2, -0.15) is 0 Å². The molecule has 2 aromatic carbocycles. The van der Waals surface area contributed by atoms with E-state index in [1.807, 2.05) is 60.5 Å². The van der Waals surface area contributed by atoms with Gasteiger partial charge in [-0.1, -0.05) is 30.3 Å². The summed E-state index contributed by atoms with van der Waals surface area (Å²) in [6, 6.07) is 17.1. The van der Waals surface area contributed by atoms with Crippen LogP contribution in [0.3, 0.4) is 0 Å². The number of aromatic nitrogens is 2. The first kappa shape index (κ1) is 14.9. The van der Waals surface area contributed by atoms with Crippen LogP contribution in [0.4, 0.5) is 11.6 Å². The molecule has 4 aromatic rings. The SMILES string of the molecule is CN1CCN(C(=O)c2cc3ccccc3o2)c2nc3ccccc3nc21. The van der Waals surface area contributed by atoms with Crippen molar-refractivity contribution >= 4 is 39.5 Å². The fourth-order valence-electron chi connectivity index (χ4n) is 3.30. The van der Waals surface area contributed by atoms with E-state index in [0.29, 0.717) is 36.1 Å². The van der Waals surface area contributed by atoms with Crippen molar-refractivity contribution in [2.45, 2.75) is 0 Å². The van der Waals surface area contributed by atoms with E-state index in [9.17, 15) is 4.79 Å². The first-order valence-corrected chi connectivity index (χ1v) is 8.49. The molecule has 0 fully saturated rings. The van der Waals surface area contributed by atoms with Gasteiger partial charge in [0.15, 0.2) is 17.4 Å². The molecule has 6 heteroatoms. The number of furan rings is 1. The molecule has 0 bridgehead atoms. The Kier molecular flexibility index (Phi) is 3.18. The van der Waals surface area contributed by atoms with Gasteiger partial charge in [0.2, 0.25) is 0 Å². The molecule has 128 valence electrons. The summed E-state index contributed by atoms with van der Waals surface area (Å²) >= 11 is 0. The summed E-state index contributed by atoms with van der Waals surface area (Å²) in [5, 5.41) is 0.912. The Morgan fingerprint density at radius 2 is 1.65 bits per heavy atom. The summed E-state index contributed by atoms with van der Waals surface area (Å²) in [7, 11) is 1.96. The summed E-state index contributed by atoms with van der Waals surface area (Å²) in [4.78, 5) is 26.2. The lowest BCUT2D eigenvalue weighted by atomic mass is 10.2. The van der Waals surface area contributed by atoms with Gasteiger partial charge in [0.05, 0.1) is 11.0 Å². The molecule has 0 radical (unpaired) electrons. The van der Waals surface area contributed by atoms with Crippen LogP contribution in [0.25, 0.3) is 22.0 Å². The van der Waals surface area contributed by atoms with Crippen molar-refractivity contribution in [3.8, 4) is 0 Å². The van der Waals surface area contributed by atoms with Gasteiger partial charge < -0.3 is 9.32 Å². The van der Waals surface area contributed by atoms with Crippen LogP contribution in [-0.4, -0.2) is 36.0 Å². The molecule has 1 aliphatic heterocycles. The minimum atomic E-state index is -0.194. The van der Waals surface area contributed by atoms with E-state index in [-0.39, 0.29) is 5.91 Å². The zero-order chi connectivity index (χ0) is 17.7. The third-order valence-electron chi connectivity index (χ3n) is 4.69. The van der Waals surface area contributed by atoms with Gasteiger partial charge in [-0.05, 0) is 24.3 Å². The molecule has 0 spiro atoms. The molecule has 0 unspecified atom stereocenters. The minimum absolute atomic E-state index is 0.194. The molecule has 0 N–H and O–H groups in total. The zero-order valence-electron chi connectivity index (χ0n) is 14.2. The number of carbonyl (C=O) groups is 1. The van der Waals surface area contributed by atoms with Crippen LogP contribution in [0.15, 0.2) is 59.0 Å². The van der Waals surface area contributed by atoms with E-state index < -0.39 is 0 Å². The standard InChI is InChI=1S/C20H16N4O2/c1-23-10-11-24(19-18(23)21-14-7-3-4-8-15(14)22-19)20(25)17-12-13-6-2-5-9-16(13)26-17/h2-9,12H,10-11H2,1H3. The number of benzene rings is 2. The third-order valence-corrected chi connectivity index (χ3v) is 4.69. The molecule has 0 atom stereocenters. The summed E-state index contributed by atoms with van der Waals surface area (Å²) in [5.74, 6) is 1.40. The van der Waals surface area contributed by atoms with E-state index in [1.54, 1.807) is 11.0 Å². The molecule has 0 saturated carbocycles. The van der Waals surface area contributed by atoms with Gasteiger partial charge in [0.1, 0.15) is 5.58 Å². The second-order valence-corrected chi connectivity index (χ2v) is 6.39. The molecule has 1 amide bonds. The monoisotopic (exact) mass is 344 g/mol. The highest BCUT2D eigenvalue weighted by atomic mass is 16.3. The van der Waals surface area contributed by atoms with Crippen molar-refractivity contribution < 1.29 is 9.21 Å². The lowest BCUT2D eigenvalue weighted by molar-refractivity contribution is 0.0961. The number of hydrogen-bond donors (Lipinski definition) is 0. The first-order valence-electron chi connectivity index (χ1n) is 8.49. The van der Waals surface area contributed by atoms with Gasteiger partial charge in [0.25, 0.3) is 5.91 Å². The molecule has 6 nitrogen and oxygen atoms in total. The normalized spacial score (nSPS) is 14.0. The van der Waals surface area contributed by atoms with Gasteiger partial charge in [-0.3, -0.25) is 9.69 Å². The fraction of sp³-hybridized carbons (Fsp3) is 0.150. The van der Waals surface area contributed by atoms with Crippen molar-refractivity contribution in [1.82, 2.24) is 9.97 Å².